The Bertz CT molecular complexity index is 952. The summed E-state index contributed by atoms with van der Waals surface area (Å²) in [6.45, 7) is 8.52. The number of rotatable bonds is 4. The summed E-state index contributed by atoms with van der Waals surface area (Å²) in [5.41, 5.74) is 0.482. The van der Waals surface area contributed by atoms with E-state index in [1.165, 1.54) is 17.0 Å². The fourth-order valence-corrected chi connectivity index (χ4v) is 4.22. The fraction of sp³-hybridized carbons (Fsp3) is 0.636. The standard InChI is InChI=1S/C22H36N4O6S/c1-14(2)23-22(28)26-11-15(3)20(31-6)12-25(5)21(27)18-10-17(24-33(7,29)30)8-9-19(18)32-13-16(26)4/h8-10,14-16,20,24H,11-13H2,1-7H3,(H,23,28)/t15-,16+,20+/m1/s1. The zero-order valence-electron chi connectivity index (χ0n) is 20.4. The minimum absolute atomic E-state index is 0.0224. The number of hydrogen-bond acceptors (Lipinski definition) is 6. The molecule has 0 bridgehead atoms. The number of anilines is 1. The van der Waals surface area contributed by atoms with Crippen LogP contribution in [-0.4, -0.2) is 88.5 Å². The number of fused-ring (bicyclic) bond motifs is 1. The third-order valence-electron chi connectivity index (χ3n) is 5.42. The lowest BCUT2D eigenvalue weighted by Gasteiger charge is -2.36. The number of nitrogens with zero attached hydrogens (tertiary/aromatic N) is 2. The quantitative estimate of drug-likeness (QED) is 0.675. The Balaban J connectivity index is 2.47. The van der Waals surface area contributed by atoms with E-state index in [4.69, 9.17) is 9.47 Å². The van der Waals surface area contributed by atoms with E-state index in [-0.39, 0.29) is 60.4 Å². The largest absolute Gasteiger partial charge is 0.491 e. The molecule has 3 atom stereocenters. The van der Waals surface area contributed by atoms with E-state index in [0.29, 0.717) is 12.3 Å². The highest BCUT2D eigenvalue weighted by molar-refractivity contribution is 7.92. The number of likely N-dealkylation sites (N-methyl/N-ethyl adjacent to an activating group) is 1. The Kier molecular flexibility index (Phi) is 8.96. The number of carbonyl (C=O) groups is 2. The molecule has 0 saturated heterocycles. The first-order valence-electron chi connectivity index (χ1n) is 10.9. The summed E-state index contributed by atoms with van der Waals surface area (Å²) in [5, 5.41) is 2.93. The van der Waals surface area contributed by atoms with E-state index in [0.717, 1.165) is 6.26 Å². The van der Waals surface area contributed by atoms with Crippen LogP contribution < -0.4 is 14.8 Å². The van der Waals surface area contributed by atoms with Gasteiger partial charge in [-0.1, -0.05) is 6.92 Å². The molecule has 0 radical (unpaired) electrons. The molecule has 10 nitrogen and oxygen atoms in total. The Morgan fingerprint density at radius 3 is 2.48 bits per heavy atom. The molecule has 2 N–H and O–H groups in total. The maximum absolute atomic E-state index is 13.3. The summed E-state index contributed by atoms with van der Waals surface area (Å²) >= 11 is 0. The van der Waals surface area contributed by atoms with Crippen LogP contribution in [0.25, 0.3) is 0 Å². The summed E-state index contributed by atoms with van der Waals surface area (Å²) in [6.07, 6.45) is 0.724. The third kappa shape index (κ3) is 7.50. The third-order valence-corrected chi connectivity index (χ3v) is 6.03. The molecule has 0 aliphatic carbocycles. The molecular formula is C22H36N4O6S. The number of ether oxygens (including phenoxy) is 2. The maximum atomic E-state index is 13.3. The molecule has 186 valence electrons. The lowest BCUT2D eigenvalue weighted by Crippen LogP contribution is -2.52. The van der Waals surface area contributed by atoms with Crippen LogP contribution in [0.3, 0.4) is 0 Å². The van der Waals surface area contributed by atoms with Crippen molar-refractivity contribution in [1.29, 1.82) is 0 Å². The average molecular weight is 485 g/mol. The van der Waals surface area contributed by atoms with Gasteiger partial charge in [-0.05, 0) is 39.0 Å². The monoisotopic (exact) mass is 484 g/mol. The Morgan fingerprint density at radius 2 is 1.91 bits per heavy atom. The smallest absolute Gasteiger partial charge is 0.317 e. The highest BCUT2D eigenvalue weighted by atomic mass is 32.2. The Hall–Kier alpha value is -2.53. The highest BCUT2D eigenvalue weighted by Gasteiger charge is 2.30. The average Bonchev–Trinajstić information content (AvgIpc) is 2.71. The molecule has 2 rings (SSSR count). The van der Waals surface area contributed by atoms with Gasteiger partial charge in [-0.25, -0.2) is 13.2 Å². The van der Waals surface area contributed by atoms with Crippen LogP contribution in [0.15, 0.2) is 18.2 Å². The molecule has 1 heterocycles. The van der Waals surface area contributed by atoms with Gasteiger partial charge in [-0.2, -0.15) is 0 Å². The number of urea groups is 1. The van der Waals surface area contributed by atoms with Gasteiger partial charge in [0, 0.05) is 44.9 Å². The molecule has 1 aliphatic rings. The maximum Gasteiger partial charge on any atom is 0.317 e. The van der Waals surface area contributed by atoms with Crippen LogP contribution in [0, 0.1) is 5.92 Å². The summed E-state index contributed by atoms with van der Waals surface area (Å²) < 4.78 is 37.4. The second-order valence-electron chi connectivity index (χ2n) is 8.94. The first kappa shape index (κ1) is 26.7. The first-order chi connectivity index (χ1) is 15.3. The molecule has 33 heavy (non-hydrogen) atoms. The van der Waals surface area contributed by atoms with Crippen molar-refractivity contribution in [2.45, 2.75) is 45.9 Å². The fourth-order valence-electron chi connectivity index (χ4n) is 3.67. The van der Waals surface area contributed by atoms with Gasteiger partial charge in [0.1, 0.15) is 12.4 Å². The van der Waals surface area contributed by atoms with Gasteiger partial charge in [0.2, 0.25) is 10.0 Å². The number of benzene rings is 1. The van der Waals surface area contributed by atoms with E-state index in [9.17, 15) is 18.0 Å². The van der Waals surface area contributed by atoms with Crippen LogP contribution in [0.4, 0.5) is 10.5 Å². The van der Waals surface area contributed by atoms with E-state index in [1.807, 2.05) is 27.7 Å². The lowest BCUT2D eigenvalue weighted by atomic mass is 10.0. The molecule has 3 amide bonds. The van der Waals surface area contributed by atoms with Crippen molar-refractivity contribution in [3.8, 4) is 5.75 Å². The molecule has 1 aromatic rings. The topological polar surface area (TPSA) is 117 Å². The second-order valence-corrected chi connectivity index (χ2v) is 10.7. The molecule has 0 unspecified atom stereocenters. The summed E-state index contributed by atoms with van der Waals surface area (Å²) in [5.74, 6) is -0.0775. The predicted octanol–water partition coefficient (Wildman–Crippen LogP) is 1.98. The van der Waals surface area contributed by atoms with Gasteiger partial charge >= 0.3 is 6.03 Å². The van der Waals surface area contributed by atoms with Crippen LogP contribution in [-0.2, 0) is 14.8 Å². The normalized spacial score (nSPS) is 22.7. The van der Waals surface area contributed by atoms with Crippen LogP contribution in [0.1, 0.15) is 38.1 Å². The van der Waals surface area contributed by atoms with Crippen molar-refractivity contribution < 1.29 is 27.5 Å². The van der Waals surface area contributed by atoms with Crippen molar-refractivity contribution in [3.05, 3.63) is 23.8 Å². The van der Waals surface area contributed by atoms with Crippen molar-refractivity contribution in [2.75, 3.05) is 44.8 Å². The molecule has 0 fully saturated rings. The second kappa shape index (κ2) is 11.1. The van der Waals surface area contributed by atoms with Crippen LogP contribution in [0.2, 0.25) is 0 Å². The number of sulfonamides is 1. The molecule has 0 spiro atoms. The van der Waals surface area contributed by atoms with E-state index in [1.54, 1.807) is 25.1 Å². The Morgan fingerprint density at radius 1 is 1.24 bits per heavy atom. The molecule has 11 heteroatoms. The van der Waals surface area contributed by atoms with Gasteiger partial charge in [-0.15, -0.1) is 0 Å². The van der Waals surface area contributed by atoms with Crippen LogP contribution >= 0.6 is 0 Å². The Labute approximate surface area is 196 Å². The molecular weight excluding hydrogens is 448 g/mol. The van der Waals surface area contributed by atoms with Gasteiger partial charge in [0.15, 0.2) is 0 Å². The van der Waals surface area contributed by atoms with Gasteiger partial charge in [0.25, 0.3) is 5.91 Å². The number of methoxy groups -OCH3 is 1. The van der Waals surface area contributed by atoms with E-state index >= 15 is 0 Å². The predicted molar refractivity (Wildman–Crippen MR) is 127 cm³/mol. The number of hydrogen-bond donors (Lipinski definition) is 2. The van der Waals surface area contributed by atoms with Crippen molar-refractivity contribution in [2.24, 2.45) is 5.92 Å². The minimum atomic E-state index is -3.52. The molecule has 0 saturated carbocycles. The van der Waals surface area contributed by atoms with Crippen molar-refractivity contribution >= 4 is 27.6 Å². The van der Waals surface area contributed by atoms with Gasteiger partial charge < -0.3 is 24.6 Å². The number of amides is 3. The summed E-state index contributed by atoms with van der Waals surface area (Å²) in [4.78, 5) is 29.4. The molecule has 0 aromatic heterocycles. The zero-order valence-corrected chi connectivity index (χ0v) is 21.2. The first-order valence-corrected chi connectivity index (χ1v) is 12.8. The minimum Gasteiger partial charge on any atom is -0.491 e. The summed E-state index contributed by atoms with van der Waals surface area (Å²) in [6, 6.07) is 4.04. The van der Waals surface area contributed by atoms with Gasteiger partial charge in [0.05, 0.1) is 24.0 Å². The number of nitrogens with one attached hydrogen (secondary N) is 2. The number of carbonyl (C=O) groups excluding carboxylic acids is 2. The molecule has 1 aromatic carbocycles. The van der Waals surface area contributed by atoms with E-state index < -0.39 is 10.0 Å². The molecule has 1 aliphatic heterocycles. The lowest BCUT2D eigenvalue weighted by molar-refractivity contribution is 0.0165. The zero-order chi connectivity index (χ0) is 24.9. The van der Waals surface area contributed by atoms with Gasteiger partial charge in [-0.3, -0.25) is 9.52 Å². The van der Waals surface area contributed by atoms with Crippen molar-refractivity contribution in [3.63, 3.8) is 0 Å². The van der Waals surface area contributed by atoms with Crippen LogP contribution in [0.5, 0.6) is 5.75 Å². The summed E-state index contributed by atoms with van der Waals surface area (Å²) in [7, 11) is -0.283. The van der Waals surface area contributed by atoms with Crippen molar-refractivity contribution in [1.82, 2.24) is 15.1 Å². The highest BCUT2D eigenvalue weighted by Crippen LogP contribution is 2.26. The SMILES string of the molecule is CO[C@H]1CN(C)C(=O)c2cc(NS(C)(=O)=O)ccc2OC[C@H](C)N(C(=O)NC(C)C)C[C@H]1C. The van der Waals surface area contributed by atoms with E-state index in [2.05, 4.69) is 10.0 Å².